The lowest BCUT2D eigenvalue weighted by Crippen LogP contribution is -2.32. The van der Waals surface area contributed by atoms with Crippen LogP contribution >= 0.6 is 0 Å². The molecule has 0 bridgehead atoms. The molecule has 2 aromatic carbocycles. The molecule has 1 aliphatic heterocycles. The minimum atomic E-state index is -0.218. The number of hydrogen-bond donors (Lipinski definition) is 1. The summed E-state index contributed by atoms with van der Waals surface area (Å²) in [5, 5.41) is 0.923. The number of benzene rings is 2. The third-order valence-electron chi connectivity index (χ3n) is 6.32. The lowest BCUT2D eigenvalue weighted by atomic mass is 9.87. The lowest BCUT2D eigenvalue weighted by Gasteiger charge is -2.32. The fourth-order valence-corrected chi connectivity index (χ4v) is 4.64. The highest BCUT2D eigenvalue weighted by Gasteiger charge is 2.23. The van der Waals surface area contributed by atoms with Crippen molar-refractivity contribution in [2.75, 3.05) is 27.2 Å². The van der Waals surface area contributed by atoms with Crippen molar-refractivity contribution in [1.82, 2.24) is 24.8 Å². The van der Waals surface area contributed by atoms with Crippen LogP contribution in [-0.2, 0) is 6.54 Å². The van der Waals surface area contributed by atoms with Crippen LogP contribution < -0.4 is 0 Å². The molecule has 0 atom stereocenters. The summed E-state index contributed by atoms with van der Waals surface area (Å²) < 4.78 is 13.8. The van der Waals surface area contributed by atoms with E-state index < -0.39 is 0 Å². The topological polar surface area (TPSA) is 65.1 Å². The highest BCUT2D eigenvalue weighted by Crippen LogP contribution is 2.33. The molecule has 0 unspecified atom stereocenters. The maximum absolute atomic E-state index is 13.8. The lowest BCUT2D eigenvalue weighted by molar-refractivity contribution is 0.0827. The molecule has 1 aliphatic rings. The van der Waals surface area contributed by atoms with Crippen molar-refractivity contribution < 1.29 is 9.18 Å². The Morgan fingerprint density at radius 1 is 1.12 bits per heavy atom. The molecule has 1 N–H and O–H groups in total. The molecule has 2 aromatic heterocycles. The first-order valence-electron chi connectivity index (χ1n) is 10.9. The normalized spacial score (nSPS) is 15.5. The summed E-state index contributed by atoms with van der Waals surface area (Å²) in [5.41, 5.74) is 4.44. The van der Waals surface area contributed by atoms with Gasteiger partial charge in [0.15, 0.2) is 0 Å². The van der Waals surface area contributed by atoms with Gasteiger partial charge in [0.2, 0.25) is 0 Å². The smallest absolute Gasteiger partial charge is 0.253 e. The number of rotatable bonds is 4. The average molecular weight is 432 g/mol. The van der Waals surface area contributed by atoms with Crippen LogP contribution in [0.1, 0.15) is 40.5 Å². The van der Waals surface area contributed by atoms with E-state index in [2.05, 4.69) is 14.9 Å². The van der Waals surface area contributed by atoms with Gasteiger partial charge in [0.1, 0.15) is 11.6 Å². The zero-order chi connectivity index (χ0) is 22.2. The molecule has 0 spiro atoms. The van der Waals surface area contributed by atoms with Gasteiger partial charge in [0.05, 0.1) is 23.1 Å². The molecule has 1 saturated heterocycles. The number of carbonyl (C=O) groups excluding carboxylic acids is 1. The predicted octanol–water partition coefficient (Wildman–Crippen LogP) is 4.33. The molecule has 0 radical (unpaired) electrons. The molecule has 3 heterocycles. The molecule has 164 valence electrons. The van der Waals surface area contributed by atoms with Crippen LogP contribution in [-0.4, -0.2) is 57.8 Å². The molecular formula is C25H26FN5O. The number of aromatic nitrogens is 3. The van der Waals surface area contributed by atoms with Gasteiger partial charge in [0.25, 0.3) is 5.91 Å². The summed E-state index contributed by atoms with van der Waals surface area (Å²) in [6.07, 6.45) is 3.85. The second kappa shape index (κ2) is 8.31. The van der Waals surface area contributed by atoms with E-state index >= 15 is 0 Å². The van der Waals surface area contributed by atoms with Gasteiger partial charge in [-0.2, -0.15) is 0 Å². The minimum absolute atomic E-state index is 0.0198. The molecular weight excluding hydrogens is 405 g/mol. The Morgan fingerprint density at radius 3 is 2.69 bits per heavy atom. The van der Waals surface area contributed by atoms with Crippen LogP contribution in [0.5, 0.6) is 0 Å². The number of carbonyl (C=O) groups is 1. The van der Waals surface area contributed by atoms with Gasteiger partial charge in [0, 0.05) is 31.2 Å². The van der Waals surface area contributed by atoms with Crippen LogP contribution in [0.25, 0.3) is 21.9 Å². The molecule has 1 amide bonds. The summed E-state index contributed by atoms with van der Waals surface area (Å²) in [4.78, 5) is 28.7. The molecule has 32 heavy (non-hydrogen) atoms. The Bertz CT molecular complexity index is 1290. The third kappa shape index (κ3) is 3.96. The quantitative estimate of drug-likeness (QED) is 0.522. The minimum Gasteiger partial charge on any atom is -0.345 e. The molecule has 0 saturated carbocycles. The zero-order valence-corrected chi connectivity index (χ0v) is 18.3. The van der Waals surface area contributed by atoms with Gasteiger partial charge < -0.3 is 9.88 Å². The van der Waals surface area contributed by atoms with Gasteiger partial charge >= 0.3 is 0 Å². The first-order valence-corrected chi connectivity index (χ1v) is 10.9. The van der Waals surface area contributed by atoms with E-state index in [1.165, 1.54) is 11.6 Å². The van der Waals surface area contributed by atoms with E-state index in [1.54, 1.807) is 31.1 Å². The summed E-state index contributed by atoms with van der Waals surface area (Å²) in [6.45, 7) is 2.64. The van der Waals surface area contributed by atoms with Crippen LogP contribution in [0, 0.1) is 5.82 Å². The third-order valence-corrected chi connectivity index (χ3v) is 6.32. The summed E-state index contributed by atoms with van der Waals surface area (Å²) in [7, 11) is 3.50. The SMILES string of the molecule is CN(C)C(=O)c1ccc2nc(CN3CCC(c4ccnc5ccc(F)cc45)CC3)[nH]c2c1. The highest BCUT2D eigenvalue weighted by atomic mass is 19.1. The average Bonchev–Trinajstić information content (AvgIpc) is 3.20. The molecule has 4 aromatic rings. The van der Waals surface area contributed by atoms with E-state index in [9.17, 15) is 9.18 Å². The van der Waals surface area contributed by atoms with Crippen molar-refractivity contribution in [2.24, 2.45) is 0 Å². The van der Waals surface area contributed by atoms with Crippen molar-refractivity contribution in [3.63, 3.8) is 0 Å². The summed E-state index contributed by atoms with van der Waals surface area (Å²) >= 11 is 0. The van der Waals surface area contributed by atoms with E-state index in [-0.39, 0.29) is 11.7 Å². The van der Waals surface area contributed by atoms with Crippen molar-refractivity contribution >= 4 is 27.8 Å². The number of fused-ring (bicyclic) bond motifs is 2. The predicted molar refractivity (Wildman–Crippen MR) is 123 cm³/mol. The Kier molecular flexibility index (Phi) is 5.35. The van der Waals surface area contributed by atoms with Crippen molar-refractivity contribution in [2.45, 2.75) is 25.3 Å². The molecule has 0 aliphatic carbocycles. The van der Waals surface area contributed by atoms with Crippen LogP contribution in [0.4, 0.5) is 4.39 Å². The monoisotopic (exact) mass is 431 g/mol. The highest BCUT2D eigenvalue weighted by molar-refractivity contribution is 5.97. The number of likely N-dealkylation sites (tertiary alicyclic amines) is 1. The Hall–Kier alpha value is -3.32. The van der Waals surface area contributed by atoms with Crippen LogP contribution in [0.15, 0.2) is 48.7 Å². The first kappa shape index (κ1) is 20.6. The van der Waals surface area contributed by atoms with Gasteiger partial charge in [-0.15, -0.1) is 0 Å². The number of nitrogens with one attached hydrogen (secondary N) is 1. The number of amides is 1. The van der Waals surface area contributed by atoms with Gasteiger partial charge in [-0.05, 0) is 79.9 Å². The summed E-state index contributed by atoms with van der Waals surface area (Å²) in [6, 6.07) is 12.4. The largest absolute Gasteiger partial charge is 0.345 e. The Labute approximate surface area is 186 Å². The number of pyridine rings is 1. The van der Waals surface area contributed by atoms with Crippen molar-refractivity contribution in [3.8, 4) is 0 Å². The number of aromatic amines is 1. The molecule has 5 rings (SSSR count). The zero-order valence-electron chi connectivity index (χ0n) is 18.3. The first-order chi connectivity index (χ1) is 15.5. The van der Waals surface area contributed by atoms with Crippen LogP contribution in [0.2, 0.25) is 0 Å². The number of halogens is 1. The Balaban J connectivity index is 1.28. The molecule has 7 heteroatoms. The van der Waals surface area contributed by atoms with E-state index in [0.717, 1.165) is 60.2 Å². The fourth-order valence-electron chi connectivity index (χ4n) is 4.64. The number of piperidine rings is 1. The summed E-state index contributed by atoms with van der Waals surface area (Å²) in [5.74, 6) is 1.07. The fraction of sp³-hybridized carbons (Fsp3) is 0.320. The Morgan fingerprint density at radius 2 is 1.91 bits per heavy atom. The number of imidazole rings is 1. The molecule has 1 fully saturated rings. The molecule has 6 nitrogen and oxygen atoms in total. The second-order valence-corrected chi connectivity index (χ2v) is 8.73. The maximum Gasteiger partial charge on any atom is 0.253 e. The van der Waals surface area contributed by atoms with Gasteiger partial charge in [-0.1, -0.05) is 0 Å². The van der Waals surface area contributed by atoms with Gasteiger partial charge in [-0.25, -0.2) is 9.37 Å². The van der Waals surface area contributed by atoms with Crippen molar-refractivity contribution in [1.29, 1.82) is 0 Å². The second-order valence-electron chi connectivity index (χ2n) is 8.73. The van der Waals surface area contributed by atoms with Crippen LogP contribution in [0.3, 0.4) is 0 Å². The standard InChI is InChI=1S/C25H26FN5O/c1-30(2)25(32)17-3-5-22-23(13-17)29-24(28-22)15-31-11-8-16(9-12-31)19-7-10-27-21-6-4-18(26)14-20(19)21/h3-7,10,13-14,16H,8-9,11-12,15H2,1-2H3,(H,28,29). The number of hydrogen-bond acceptors (Lipinski definition) is 4. The van der Waals surface area contributed by atoms with E-state index in [0.29, 0.717) is 11.5 Å². The van der Waals surface area contributed by atoms with Crippen molar-refractivity contribution in [3.05, 3.63) is 71.4 Å². The van der Waals surface area contributed by atoms with E-state index in [1.807, 2.05) is 30.5 Å². The maximum atomic E-state index is 13.8. The number of H-pyrrole nitrogens is 1. The van der Waals surface area contributed by atoms with E-state index in [4.69, 9.17) is 4.98 Å². The number of nitrogens with zero attached hydrogens (tertiary/aromatic N) is 4. The van der Waals surface area contributed by atoms with Gasteiger partial charge in [-0.3, -0.25) is 14.7 Å².